The summed E-state index contributed by atoms with van der Waals surface area (Å²) in [6.45, 7) is 3.69. The molecule has 0 aliphatic heterocycles. The first kappa shape index (κ1) is 22.4. The number of nitrogens with one attached hydrogen (secondary N) is 2. The third-order valence-corrected chi connectivity index (χ3v) is 6.14. The molecule has 0 atom stereocenters. The lowest BCUT2D eigenvalue weighted by Gasteiger charge is -2.15. The smallest absolute Gasteiger partial charge is 0.253 e. The fraction of sp³-hybridized carbons (Fsp3) is 0.300. The molecule has 8 nitrogen and oxygen atoms in total. The van der Waals surface area contributed by atoms with Crippen molar-refractivity contribution in [1.29, 1.82) is 0 Å². The molecule has 9 heteroatoms. The van der Waals surface area contributed by atoms with E-state index in [4.69, 9.17) is 4.74 Å². The predicted octanol–water partition coefficient (Wildman–Crippen LogP) is 1.58. The number of carbonyl (C=O) groups excluding carboxylic acids is 1. The van der Waals surface area contributed by atoms with E-state index in [1.54, 1.807) is 13.0 Å². The number of sulfonamides is 1. The van der Waals surface area contributed by atoms with Crippen LogP contribution in [0.1, 0.15) is 22.4 Å². The van der Waals surface area contributed by atoms with Gasteiger partial charge >= 0.3 is 0 Å². The summed E-state index contributed by atoms with van der Waals surface area (Å²) in [7, 11) is 0.546. The summed E-state index contributed by atoms with van der Waals surface area (Å²) in [4.78, 5) is 26.8. The summed E-state index contributed by atoms with van der Waals surface area (Å²) in [6.07, 6.45) is 2.78. The number of hydrogen-bond donors (Lipinski definition) is 2. The van der Waals surface area contributed by atoms with Crippen LogP contribution >= 0.6 is 0 Å². The van der Waals surface area contributed by atoms with Crippen molar-refractivity contribution in [2.45, 2.75) is 25.3 Å². The topological polar surface area (TPSA) is 109 Å². The highest BCUT2D eigenvalue weighted by atomic mass is 32.2. The van der Waals surface area contributed by atoms with Crippen LogP contribution in [-0.2, 0) is 21.4 Å². The molecule has 1 amide bonds. The van der Waals surface area contributed by atoms with Crippen LogP contribution in [0.25, 0.3) is 6.08 Å². The molecule has 0 spiro atoms. The number of rotatable bonds is 7. The number of carbonyl (C=O) groups is 1. The average Bonchev–Trinajstić information content (AvgIpc) is 2.65. The summed E-state index contributed by atoms with van der Waals surface area (Å²) in [5.41, 5.74) is 2.32. The number of aromatic nitrogens is 1. The molecule has 1 heterocycles. The lowest BCUT2D eigenvalue weighted by Crippen LogP contribution is -2.26. The lowest BCUT2D eigenvalue weighted by molar-refractivity contribution is -0.116. The highest BCUT2D eigenvalue weighted by Gasteiger charge is 2.22. The molecule has 2 N–H and O–H groups in total. The van der Waals surface area contributed by atoms with Crippen LogP contribution in [0.3, 0.4) is 0 Å². The van der Waals surface area contributed by atoms with Gasteiger partial charge in [0, 0.05) is 38.0 Å². The second-order valence-electron chi connectivity index (χ2n) is 6.69. The van der Waals surface area contributed by atoms with Crippen molar-refractivity contribution in [2.75, 3.05) is 21.2 Å². The molecule has 0 unspecified atom stereocenters. The lowest BCUT2D eigenvalue weighted by atomic mass is 10.1. The van der Waals surface area contributed by atoms with Crippen LogP contribution in [0.5, 0.6) is 5.75 Å². The van der Waals surface area contributed by atoms with E-state index in [1.165, 1.54) is 45.5 Å². The summed E-state index contributed by atoms with van der Waals surface area (Å²) in [6, 6.07) is 6.45. The normalized spacial score (nSPS) is 11.8. The molecule has 1 aromatic carbocycles. The van der Waals surface area contributed by atoms with E-state index < -0.39 is 15.9 Å². The third kappa shape index (κ3) is 5.33. The van der Waals surface area contributed by atoms with E-state index in [2.05, 4.69) is 10.3 Å². The van der Waals surface area contributed by atoms with Crippen LogP contribution in [0.4, 0.5) is 0 Å². The second-order valence-corrected chi connectivity index (χ2v) is 8.81. The van der Waals surface area contributed by atoms with E-state index in [-0.39, 0.29) is 22.7 Å². The molecule has 0 saturated carbocycles. The van der Waals surface area contributed by atoms with Crippen molar-refractivity contribution in [3.63, 3.8) is 0 Å². The zero-order valence-corrected chi connectivity index (χ0v) is 17.9. The average molecular weight is 420 g/mol. The van der Waals surface area contributed by atoms with E-state index in [0.717, 1.165) is 15.6 Å². The van der Waals surface area contributed by atoms with Gasteiger partial charge in [-0.15, -0.1) is 0 Å². The van der Waals surface area contributed by atoms with Crippen molar-refractivity contribution in [3.05, 3.63) is 63.1 Å². The molecule has 0 radical (unpaired) electrons. The minimum Gasteiger partial charge on any atom is -0.495 e. The fourth-order valence-electron chi connectivity index (χ4n) is 2.70. The molecule has 2 aromatic rings. The fourth-order valence-corrected chi connectivity index (χ4v) is 3.79. The van der Waals surface area contributed by atoms with E-state index in [1.807, 2.05) is 13.0 Å². The zero-order valence-electron chi connectivity index (χ0n) is 17.1. The second kappa shape index (κ2) is 9.06. The van der Waals surface area contributed by atoms with E-state index >= 15 is 0 Å². The van der Waals surface area contributed by atoms with Crippen LogP contribution in [0.2, 0.25) is 0 Å². The number of amides is 1. The molecule has 0 fully saturated rings. The monoisotopic (exact) mass is 419 g/mol. The van der Waals surface area contributed by atoms with Gasteiger partial charge in [-0.2, -0.15) is 0 Å². The molecule has 2 rings (SSSR count). The Morgan fingerprint density at radius 1 is 1.24 bits per heavy atom. The standard InChI is InChI=1S/C20H25N3O5S/c1-13-10-14(2)22-20(25)16(13)12-21-19(24)9-7-15-6-8-17(28-5)18(11-15)29(26,27)23(3)4/h6-11H,12H2,1-5H3,(H,21,24)(H,22,25)/b9-7+. The SMILES string of the molecule is COc1ccc(/C=C/C(=O)NCc2c(C)cc(C)[nH]c2=O)cc1S(=O)(=O)N(C)C. The Labute approximate surface area is 170 Å². The summed E-state index contributed by atoms with van der Waals surface area (Å²) >= 11 is 0. The maximum absolute atomic E-state index is 12.5. The van der Waals surface area contributed by atoms with Crippen LogP contribution in [-0.4, -0.2) is 44.8 Å². The molecule has 0 saturated heterocycles. The summed E-state index contributed by atoms with van der Waals surface area (Å²) < 4.78 is 31.1. The van der Waals surface area contributed by atoms with Gasteiger partial charge in [0.15, 0.2) is 0 Å². The highest BCUT2D eigenvalue weighted by Crippen LogP contribution is 2.27. The van der Waals surface area contributed by atoms with Crippen molar-refractivity contribution in [1.82, 2.24) is 14.6 Å². The number of methoxy groups -OCH3 is 1. The highest BCUT2D eigenvalue weighted by molar-refractivity contribution is 7.89. The quantitative estimate of drug-likeness (QED) is 0.663. The number of benzene rings is 1. The molecule has 156 valence electrons. The van der Waals surface area contributed by atoms with E-state index in [9.17, 15) is 18.0 Å². The van der Waals surface area contributed by atoms with Gasteiger partial charge in [-0.3, -0.25) is 9.59 Å². The van der Waals surface area contributed by atoms with Gasteiger partial charge in [0.2, 0.25) is 15.9 Å². The maximum Gasteiger partial charge on any atom is 0.253 e. The minimum absolute atomic E-state index is 0.00868. The van der Waals surface area contributed by atoms with E-state index in [0.29, 0.717) is 11.1 Å². The summed E-state index contributed by atoms with van der Waals surface area (Å²) in [5.74, 6) is -0.188. The van der Waals surface area contributed by atoms with Gasteiger partial charge in [0.1, 0.15) is 10.6 Å². The van der Waals surface area contributed by atoms with Crippen LogP contribution in [0, 0.1) is 13.8 Å². The molecular weight excluding hydrogens is 394 g/mol. The maximum atomic E-state index is 12.5. The Hall–Kier alpha value is -2.91. The first-order valence-electron chi connectivity index (χ1n) is 8.82. The number of hydrogen-bond acceptors (Lipinski definition) is 5. The Morgan fingerprint density at radius 2 is 1.93 bits per heavy atom. The van der Waals surface area contributed by atoms with Crippen molar-refractivity contribution in [3.8, 4) is 5.75 Å². The molecule has 0 bridgehead atoms. The first-order valence-corrected chi connectivity index (χ1v) is 10.3. The number of nitrogens with zero attached hydrogens (tertiary/aromatic N) is 1. The first-order chi connectivity index (χ1) is 13.6. The van der Waals surface area contributed by atoms with Gasteiger partial charge in [0.25, 0.3) is 5.56 Å². The van der Waals surface area contributed by atoms with Gasteiger partial charge in [0.05, 0.1) is 7.11 Å². The molecule has 29 heavy (non-hydrogen) atoms. The van der Waals surface area contributed by atoms with Gasteiger partial charge in [-0.25, -0.2) is 12.7 Å². The molecule has 0 aliphatic carbocycles. The number of pyridine rings is 1. The van der Waals surface area contributed by atoms with Crippen molar-refractivity contribution in [2.24, 2.45) is 0 Å². The number of aromatic amines is 1. The Balaban J connectivity index is 2.18. The van der Waals surface area contributed by atoms with Gasteiger partial charge in [-0.1, -0.05) is 6.07 Å². The summed E-state index contributed by atoms with van der Waals surface area (Å²) in [5, 5.41) is 2.66. The van der Waals surface area contributed by atoms with Crippen LogP contribution < -0.4 is 15.6 Å². The molecule has 0 aliphatic rings. The Bertz CT molecular complexity index is 1100. The number of ether oxygens (including phenoxy) is 1. The minimum atomic E-state index is -3.70. The number of aryl methyl sites for hydroxylation is 2. The number of H-pyrrole nitrogens is 1. The van der Waals surface area contributed by atoms with Crippen molar-refractivity contribution < 1.29 is 17.9 Å². The predicted molar refractivity (Wildman–Crippen MR) is 111 cm³/mol. The van der Waals surface area contributed by atoms with Crippen molar-refractivity contribution >= 4 is 22.0 Å². The largest absolute Gasteiger partial charge is 0.495 e. The van der Waals surface area contributed by atoms with Gasteiger partial charge in [-0.05, 0) is 49.2 Å². The Kier molecular flexibility index (Phi) is 6.99. The molecule has 1 aromatic heterocycles. The van der Waals surface area contributed by atoms with Crippen LogP contribution in [0.15, 0.2) is 40.0 Å². The molecular formula is C20H25N3O5S. The zero-order chi connectivity index (χ0) is 21.8. The Morgan fingerprint density at radius 3 is 2.52 bits per heavy atom. The van der Waals surface area contributed by atoms with Gasteiger partial charge < -0.3 is 15.0 Å². The third-order valence-electron chi connectivity index (χ3n) is 4.31.